The van der Waals surface area contributed by atoms with Gasteiger partial charge in [-0.1, -0.05) is 30.3 Å². The molecule has 0 spiro atoms. The van der Waals surface area contributed by atoms with Crippen LogP contribution in [0.25, 0.3) is 0 Å². The van der Waals surface area contributed by atoms with Crippen molar-refractivity contribution in [2.24, 2.45) is 0 Å². The molecule has 0 bridgehead atoms. The highest BCUT2D eigenvalue weighted by molar-refractivity contribution is 5.13. The van der Waals surface area contributed by atoms with Crippen molar-refractivity contribution in [3.8, 4) is 0 Å². The molecule has 4 heteroatoms. The average molecular weight is 238 g/mol. The fourth-order valence-electron chi connectivity index (χ4n) is 1.70. The fraction of sp³-hybridized carbons (Fsp3) is 0.538. The summed E-state index contributed by atoms with van der Waals surface area (Å²) >= 11 is 0. The van der Waals surface area contributed by atoms with Gasteiger partial charge in [0.25, 0.3) is 0 Å². The van der Waals surface area contributed by atoms with Crippen molar-refractivity contribution in [2.45, 2.75) is 25.4 Å². The van der Waals surface area contributed by atoms with Gasteiger partial charge in [-0.3, -0.25) is 0 Å². The largest absolute Gasteiger partial charge is 0.394 e. The summed E-state index contributed by atoms with van der Waals surface area (Å²) in [6, 6.07) is 10.0. The van der Waals surface area contributed by atoms with Gasteiger partial charge < -0.3 is 19.3 Å². The molecule has 0 unspecified atom stereocenters. The van der Waals surface area contributed by atoms with E-state index in [0.717, 1.165) is 5.56 Å². The van der Waals surface area contributed by atoms with Crippen molar-refractivity contribution in [1.82, 2.24) is 0 Å². The van der Waals surface area contributed by atoms with Crippen molar-refractivity contribution >= 4 is 0 Å². The number of hydrogen-bond donors (Lipinski definition) is 1. The van der Waals surface area contributed by atoms with Crippen LogP contribution in [0.5, 0.6) is 0 Å². The Morgan fingerprint density at radius 3 is 2.82 bits per heavy atom. The summed E-state index contributed by atoms with van der Waals surface area (Å²) in [7, 11) is 0. The second-order valence-electron chi connectivity index (χ2n) is 4.03. The van der Waals surface area contributed by atoms with Crippen LogP contribution in [0.15, 0.2) is 30.3 Å². The molecule has 1 fully saturated rings. The summed E-state index contributed by atoms with van der Waals surface area (Å²) < 4.78 is 16.3. The van der Waals surface area contributed by atoms with Crippen LogP contribution >= 0.6 is 0 Å². The van der Waals surface area contributed by atoms with Gasteiger partial charge in [-0.15, -0.1) is 0 Å². The molecular formula is C13H18O4. The molecule has 1 N–H and O–H groups in total. The van der Waals surface area contributed by atoms with Crippen LogP contribution < -0.4 is 0 Å². The van der Waals surface area contributed by atoms with Crippen molar-refractivity contribution < 1.29 is 19.3 Å². The molecule has 0 aliphatic carbocycles. The lowest BCUT2D eigenvalue weighted by atomic mass is 10.2. The predicted molar refractivity (Wildman–Crippen MR) is 62.4 cm³/mol. The fourth-order valence-corrected chi connectivity index (χ4v) is 1.70. The molecule has 1 aromatic rings. The van der Waals surface area contributed by atoms with Crippen LogP contribution in [0.2, 0.25) is 0 Å². The molecule has 2 rings (SSSR count). The van der Waals surface area contributed by atoms with Crippen LogP contribution in [0.4, 0.5) is 0 Å². The predicted octanol–water partition coefficient (Wildman–Crippen LogP) is 1.33. The van der Waals surface area contributed by atoms with E-state index in [-0.39, 0.29) is 19.0 Å². The lowest BCUT2D eigenvalue weighted by Crippen LogP contribution is -2.17. The number of ether oxygens (including phenoxy) is 3. The maximum absolute atomic E-state index is 8.87. The summed E-state index contributed by atoms with van der Waals surface area (Å²) in [6.45, 7) is 1.69. The van der Waals surface area contributed by atoms with Gasteiger partial charge in [-0.05, 0) is 5.56 Å². The zero-order valence-electron chi connectivity index (χ0n) is 9.75. The van der Waals surface area contributed by atoms with E-state index in [1.807, 2.05) is 30.3 Å². The Hall–Kier alpha value is -0.940. The van der Waals surface area contributed by atoms with Gasteiger partial charge in [0.15, 0.2) is 6.29 Å². The number of rotatable bonds is 6. The molecule has 0 aromatic heterocycles. The van der Waals surface area contributed by atoms with Gasteiger partial charge in [-0.25, -0.2) is 0 Å². The summed E-state index contributed by atoms with van der Waals surface area (Å²) in [5.41, 5.74) is 1.16. The minimum Gasteiger partial charge on any atom is -0.394 e. The number of hydrogen-bond acceptors (Lipinski definition) is 4. The molecule has 1 saturated heterocycles. The lowest BCUT2D eigenvalue weighted by Gasteiger charge is -2.10. The lowest BCUT2D eigenvalue weighted by molar-refractivity contribution is -0.0820. The van der Waals surface area contributed by atoms with E-state index in [2.05, 4.69) is 0 Å². The highest BCUT2D eigenvalue weighted by Gasteiger charge is 2.24. The second kappa shape index (κ2) is 6.71. The van der Waals surface area contributed by atoms with Crippen LogP contribution in [-0.4, -0.2) is 37.3 Å². The quantitative estimate of drug-likeness (QED) is 0.759. The molecule has 1 heterocycles. The van der Waals surface area contributed by atoms with E-state index in [0.29, 0.717) is 26.2 Å². The third-order valence-corrected chi connectivity index (χ3v) is 2.63. The molecule has 1 aliphatic rings. The van der Waals surface area contributed by atoms with Gasteiger partial charge in [0.05, 0.1) is 26.4 Å². The molecule has 94 valence electrons. The summed E-state index contributed by atoms with van der Waals surface area (Å²) in [5, 5.41) is 8.87. The molecule has 0 amide bonds. The molecular weight excluding hydrogens is 220 g/mol. The van der Waals surface area contributed by atoms with Gasteiger partial charge in [-0.2, -0.15) is 0 Å². The normalized spacial score (nSPS) is 24.1. The highest BCUT2D eigenvalue weighted by atomic mass is 16.7. The van der Waals surface area contributed by atoms with Gasteiger partial charge in [0.1, 0.15) is 6.10 Å². The minimum absolute atomic E-state index is 0.0153. The first-order chi connectivity index (χ1) is 8.38. The standard InChI is InChI=1S/C13H18O4/c14-8-12-10-16-13(17-12)6-7-15-9-11-4-2-1-3-5-11/h1-5,12-14H,6-10H2/t12-,13-/m0/s1. The van der Waals surface area contributed by atoms with Crippen LogP contribution in [-0.2, 0) is 20.8 Å². The topological polar surface area (TPSA) is 47.9 Å². The van der Waals surface area contributed by atoms with E-state index in [4.69, 9.17) is 19.3 Å². The number of aliphatic hydroxyl groups is 1. The molecule has 1 aromatic carbocycles. The zero-order valence-corrected chi connectivity index (χ0v) is 9.75. The molecule has 17 heavy (non-hydrogen) atoms. The Morgan fingerprint density at radius 2 is 2.12 bits per heavy atom. The maximum atomic E-state index is 8.87. The van der Waals surface area contributed by atoms with Crippen LogP contribution in [0.1, 0.15) is 12.0 Å². The summed E-state index contributed by atoms with van der Waals surface area (Å²) in [5.74, 6) is 0. The SMILES string of the molecule is OC[C@H]1CO[C@H](CCOCc2ccccc2)O1. The van der Waals surface area contributed by atoms with Gasteiger partial charge in [0, 0.05) is 6.42 Å². The van der Waals surface area contributed by atoms with Crippen molar-refractivity contribution in [1.29, 1.82) is 0 Å². The third kappa shape index (κ3) is 4.09. The van der Waals surface area contributed by atoms with Crippen molar-refractivity contribution in [3.63, 3.8) is 0 Å². The Balaban J connectivity index is 1.58. The number of benzene rings is 1. The average Bonchev–Trinajstić information content (AvgIpc) is 2.84. The van der Waals surface area contributed by atoms with Gasteiger partial charge >= 0.3 is 0 Å². The van der Waals surface area contributed by atoms with Crippen LogP contribution in [0, 0.1) is 0 Å². The van der Waals surface area contributed by atoms with Crippen molar-refractivity contribution in [2.75, 3.05) is 19.8 Å². The smallest absolute Gasteiger partial charge is 0.160 e. The molecule has 0 radical (unpaired) electrons. The summed E-state index contributed by atoms with van der Waals surface area (Å²) in [4.78, 5) is 0. The monoisotopic (exact) mass is 238 g/mol. The second-order valence-corrected chi connectivity index (χ2v) is 4.03. The Kier molecular flexibility index (Phi) is 4.94. The van der Waals surface area contributed by atoms with Gasteiger partial charge in [0.2, 0.25) is 0 Å². The Morgan fingerprint density at radius 1 is 1.29 bits per heavy atom. The van der Waals surface area contributed by atoms with E-state index >= 15 is 0 Å². The molecule has 1 aliphatic heterocycles. The maximum Gasteiger partial charge on any atom is 0.160 e. The molecule has 4 nitrogen and oxygen atoms in total. The minimum atomic E-state index is -0.233. The third-order valence-electron chi connectivity index (χ3n) is 2.63. The van der Waals surface area contributed by atoms with E-state index in [1.54, 1.807) is 0 Å². The Labute approximate surface area is 101 Å². The first-order valence-electron chi connectivity index (χ1n) is 5.88. The summed E-state index contributed by atoms with van der Waals surface area (Å²) in [6.07, 6.45) is 0.292. The first-order valence-corrected chi connectivity index (χ1v) is 5.88. The van der Waals surface area contributed by atoms with E-state index < -0.39 is 0 Å². The highest BCUT2D eigenvalue weighted by Crippen LogP contribution is 2.14. The first kappa shape index (κ1) is 12.5. The molecule has 0 saturated carbocycles. The number of aliphatic hydroxyl groups excluding tert-OH is 1. The molecule has 2 atom stereocenters. The van der Waals surface area contributed by atoms with E-state index in [1.165, 1.54) is 0 Å². The van der Waals surface area contributed by atoms with Crippen molar-refractivity contribution in [3.05, 3.63) is 35.9 Å². The Bertz CT molecular complexity index is 314. The van der Waals surface area contributed by atoms with Crippen LogP contribution in [0.3, 0.4) is 0 Å². The van der Waals surface area contributed by atoms with E-state index in [9.17, 15) is 0 Å². The zero-order chi connectivity index (χ0) is 11.9.